The SMILES string of the molecule is CCCCCCCCOc1ccc2c3c(cccc13)CP(=O)(OC)OC2. The quantitative estimate of drug-likeness (QED) is 0.373. The number of unbranched alkanes of at least 4 members (excludes halogenated alkanes) is 5. The minimum absolute atomic E-state index is 0.300. The number of rotatable bonds is 9. The molecule has 0 aliphatic carbocycles. The molecule has 0 bridgehead atoms. The lowest BCUT2D eigenvalue weighted by Gasteiger charge is -2.13. The average Bonchev–Trinajstić information content (AvgIpc) is 2.81. The fourth-order valence-corrected chi connectivity index (χ4v) is 4.86. The molecule has 1 aliphatic rings. The molecular formula is C21H29O4P. The van der Waals surface area contributed by atoms with Crippen LogP contribution in [0, 0.1) is 0 Å². The lowest BCUT2D eigenvalue weighted by molar-refractivity contribution is 0.227. The molecular weight excluding hydrogens is 347 g/mol. The molecule has 0 saturated heterocycles. The molecule has 0 N–H and O–H groups in total. The van der Waals surface area contributed by atoms with Crippen LogP contribution in [0.25, 0.3) is 10.8 Å². The maximum atomic E-state index is 12.7. The molecule has 1 aliphatic heterocycles. The van der Waals surface area contributed by atoms with Crippen LogP contribution < -0.4 is 4.74 Å². The van der Waals surface area contributed by atoms with Crippen molar-refractivity contribution < 1.29 is 18.3 Å². The van der Waals surface area contributed by atoms with Gasteiger partial charge in [-0.05, 0) is 29.0 Å². The predicted molar refractivity (Wildman–Crippen MR) is 106 cm³/mol. The van der Waals surface area contributed by atoms with Gasteiger partial charge in [0.15, 0.2) is 0 Å². The summed E-state index contributed by atoms with van der Waals surface area (Å²) < 4.78 is 29.5. The standard InChI is InChI=1S/C21H29O4P/c1-3-4-5-6-7-8-14-24-20-13-12-17-15-25-26(22,23-2)16-18-10-9-11-19(20)21(17)18/h9-13H,3-8,14-16H2,1-2H3. The van der Waals surface area contributed by atoms with Gasteiger partial charge in [0.1, 0.15) is 5.75 Å². The van der Waals surface area contributed by atoms with Gasteiger partial charge in [0.05, 0.1) is 19.4 Å². The highest BCUT2D eigenvalue weighted by Crippen LogP contribution is 2.54. The van der Waals surface area contributed by atoms with Crippen molar-refractivity contribution in [2.24, 2.45) is 0 Å². The summed E-state index contributed by atoms with van der Waals surface area (Å²) >= 11 is 0. The topological polar surface area (TPSA) is 44.8 Å². The van der Waals surface area contributed by atoms with Crippen LogP contribution in [0.1, 0.15) is 56.6 Å². The fraction of sp³-hybridized carbons (Fsp3) is 0.524. The van der Waals surface area contributed by atoms with Gasteiger partial charge in [-0.3, -0.25) is 4.57 Å². The Labute approximate surface area is 156 Å². The molecule has 5 heteroatoms. The van der Waals surface area contributed by atoms with Crippen LogP contribution in [0.3, 0.4) is 0 Å². The molecule has 0 spiro atoms. The number of hydrogen-bond donors (Lipinski definition) is 0. The molecule has 1 heterocycles. The Morgan fingerprint density at radius 3 is 2.65 bits per heavy atom. The molecule has 142 valence electrons. The second kappa shape index (κ2) is 9.03. The first-order chi connectivity index (χ1) is 12.7. The first-order valence-electron chi connectivity index (χ1n) is 9.62. The summed E-state index contributed by atoms with van der Waals surface area (Å²) in [5.41, 5.74) is 2.04. The van der Waals surface area contributed by atoms with Gasteiger partial charge in [-0.25, -0.2) is 0 Å². The van der Waals surface area contributed by atoms with Crippen LogP contribution in [-0.2, 0) is 26.4 Å². The molecule has 1 atom stereocenters. The van der Waals surface area contributed by atoms with Gasteiger partial charge < -0.3 is 13.8 Å². The Bertz CT molecular complexity index is 787. The van der Waals surface area contributed by atoms with E-state index in [4.69, 9.17) is 13.8 Å². The smallest absolute Gasteiger partial charge is 0.335 e. The highest BCUT2D eigenvalue weighted by molar-refractivity contribution is 7.53. The van der Waals surface area contributed by atoms with Crippen molar-refractivity contribution in [1.29, 1.82) is 0 Å². The van der Waals surface area contributed by atoms with Crippen LogP contribution in [0.15, 0.2) is 30.3 Å². The zero-order valence-corrected chi connectivity index (χ0v) is 16.7. The van der Waals surface area contributed by atoms with E-state index in [0.717, 1.165) is 40.7 Å². The molecule has 3 rings (SSSR count). The van der Waals surface area contributed by atoms with Crippen LogP contribution in [0.4, 0.5) is 0 Å². The van der Waals surface area contributed by atoms with E-state index in [2.05, 4.69) is 13.0 Å². The monoisotopic (exact) mass is 376 g/mol. The molecule has 2 aromatic carbocycles. The van der Waals surface area contributed by atoms with E-state index >= 15 is 0 Å². The summed E-state index contributed by atoms with van der Waals surface area (Å²) in [6.45, 7) is 3.27. The van der Waals surface area contributed by atoms with E-state index in [-0.39, 0.29) is 0 Å². The Morgan fingerprint density at radius 1 is 1.04 bits per heavy atom. The largest absolute Gasteiger partial charge is 0.493 e. The van der Waals surface area contributed by atoms with Crippen molar-refractivity contribution in [3.05, 3.63) is 41.5 Å². The van der Waals surface area contributed by atoms with Gasteiger partial charge in [-0.1, -0.05) is 63.3 Å². The highest BCUT2D eigenvalue weighted by atomic mass is 31.2. The molecule has 2 aromatic rings. The number of benzene rings is 2. The molecule has 0 amide bonds. The van der Waals surface area contributed by atoms with Gasteiger partial charge in [-0.2, -0.15) is 0 Å². The Kier molecular flexibility index (Phi) is 6.74. The van der Waals surface area contributed by atoms with E-state index in [1.807, 2.05) is 24.3 Å². The van der Waals surface area contributed by atoms with Gasteiger partial charge in [0.25, 0.3) is 0 Å². The summed E-state index contributed by atoms with van der Waals surface area (Å²) in [5.74, 6) is 0.897. The van der Waals surface area contributed by atoms with Crippen LogP contribution in [-0.4, -0.2) is 13.7 Å². The molecule has 1 unspecified atom stereocenters. The summed E-state index contributed by atoms with van der Waals surface area (Å²) in [7, 11) is -1.63. The highest BCUT2D eigenvalue weighted by Gasteiger charge is 2.29. The van der Waals surface area contributed by atoms with Crippen molar-refractivity contribution in [1.82, 2.24) is 0 Å². The van der Waals surface area contributed by atoms with Gasteiger partial charge in [0.2, 0.25) is 0 Å². The van der Waals surface area contributed by atoms with E-state index in [1.54, 1.807) is 0 Å². The minimum Gasteiger partial charge on any atom is -0.493 e. The van der Waals surface area contributed by atoms with Crippen molar-refractivity contribution in [2.45, 2.75) is 58.2 Å². The number of hydrogen-bond acceptors (Lipinski definition) is 4. The summed E-state index contributed by atoms with van der Waals surface area (Å²) in [4.78, 5) is 0. The first-order valence-corrected chi connectivity index (χ1v) is 11.4. The van der Waals surface area contributed by atoms with E-state index < -0.39 is 7.60 Å². The predicted octanol–water partition coefficient (Wildman–Crippen LogP) is 6.45. The average molecular weight is 376 g/mol. The second-order valence-electron chi connectivity index (χ2n) is 6.90. The molecule has 26 heavy (non-hydrogen) atoms. The van der Waals surface area contributed by atoms with E-state index in [0.29, 0.717) is 12.8 Å². The molecule has 0 radical (unpaired) electrons. The van der Waals surface area contributed by atoms with Crippen molar-refractivity contribution in [3.63, 3.8) is 0 Å². The Hall–Kier alpha value is -1.35. The molecule has 0 aromatic heterocycles. The zero-order chi connectivity index (χ0) is 18.4. The van der Waals surface area contributed by atoms with Crippen molar-refractivity contribution >= 4 is 18.4 Å². The van der Waals surface area contributed by atoms with Crippen molar-refractivity contribution in [2.75, 3.05) is 13.7 Å². The van der Waals surface area contributed by atoms with Crippen LogP contribution >= 0.6 is 7.60 Å². The zero-order valence-electron chi connectivity index (χ0n) is 15.8. The molecule has 4 nitrogen and oxygen atoms in total. The van der Waals surface area contributed by atoms with E-state index in [9.17, 15) is 4.57 Å². The number of ether oxygens (including phenoxy) is 1. The maximum Gasteiger partial charge on any atom is 0.335 e. The maximum absolute atomic E-state index is 12.7. The summed E-state index contributed by atoms with van der Waals surface area (Å²) in [6, 6.07) is 10.1. The van der Waals surface area contributed by atoms with E-state index in [1.165, 1.54) is 39.2 Å². The summed E-state index contributed by atoms with van der Waals surface area (Å²) in [5, 5.41) is 2.17. The molecule has 0 fully saturated rings. The molecule has 0 saturated carbocycles. The third kappa shape index (κ3) is 4.49. The van der Waals surface area contributed by atoms with Crippen LogP contribution in [0.5, 0.6) is 5.75 Å². The van der Waals surface area contributed by atoms with Crippen molar-refractivity contribution in [3.8, 4) is 5.75 Å². The summed E-state index contributed by atoms with van der Waals surface area (Å²) in [6.07, 6.45) is 7.79. The van der Waals surface area contributed by atoms with Gasteiger partial charge in [-0.15, -0.1) is 0 Å². The lowest BCUT2D eigenvalue weighted by atomic mass is 9.99. The fourth-order valence-electron chi connectivity index (χ4n) is 3.52. The second-order valence-corrected chi connectivity index (χ2v) is 9.07. The Morgan fingerprint density at radius 2 is 1.85 bits per heavy atom. The third-order valence-electron chi connectivity index (χ3n) is 4.99. The normalized spacial score (nSPS) is 19.5. The van der Waals surface area contributed by atoms with Gasteiger partial charge >= 0.3 is 7.60 Å². The lowest BCUT2D eigenvalue weighted by Crippen LogP contribution is -1.99. The minimum atomic E-state index is -3.08. The first kappa shape index (κ1) is 19.4. The van der Waals surface area contributed by atoms with Gasteiger partial charge in [0, 0.05) is 12.5 Å². The third-order valence-corrected chi connectivity index (χ3v) is 6.79. The Balaban J connectivity index is 1.74. The van der Waals surface area contributed by atoms with Crippen LogP contribution in [0.2, 0.25) is 0 Å².